The number of rotatable bonds is 7. The molecule has 4 heteroatoms. The van der Waals surface area contributed by atoms with Crippen LogP contribution >= 0.6 is 0 Å². The van der Waals surface area contributed by atoms with Gasteiger partial charge in [0.1, 0.15) is 0 Å². The summed E-state index contributed by atoms with van der Waals surface area (Å²) < 4.78 is 0. The number of aldehydes is 2. The van der Waals surface area contributed by atoms with E-state index in [1.54, 1.807) is 11.0 Å². The number of amides is 1. The Bertz CT molecular complexity index is 462. The number of hydrogen-bond acceptors (Lipinski definition) is 3. The van der Waals surface area contributed by atoms with Crippen molar-refractivity contribution in [2.75, 3.05) is 13.1 Å². The van der Waals surface area contributed by atoms with Crippen LogP contribution in [0.1, 0.15) is 57.8 Å². The first kappa shape index (κ1) is 15.1. The minimum atomic E-state index is -0.0933. The summed E-state index contributed by atoms with van der Waals surface area (Å²) in [5.41, 5.74) is 1.02. The highest BCUT2D eigenvalue weighted by Gasteiger charge is 2.15. The van der Waals surface area contributed by atoms with E-state index in [0.29, 0.717) is 36.8 Å². The smallest absolute Gasteiger partial charge is 0.253 e. The van der Waals surface area contributed by atoms with Gasteiger partial charge in [0.2, 0.25) is 0 Å². The Morgan fingerprint density at radius 3 is 2.11 bits per heavy atom. The van der Waals surface area contributed by atoms with Crippen LogP contribution in [0.15, 0.2) is 18.2 Å². The van der Waals surface area contributed by atoms with E-state index in [1.165, 1.54) is 12.1 Å². The Kier molecular flexibility index (Phi) is 5.93. The highest BCUT2D eigenvalue weighted by molar-refractivity contribution is 5.98. The predicted octanol–water partition coefficient (Wildman–Crippen LogP) is 2.57. The molecule has 0 aromatic heterocycles. The molecule has 102 valence electrons. The van der Waals surface area contributed by atoms with Gasteiger partial charge >= 0.3 is 0 Å². The molecule has 4 nitrogen and oxygen atoms in total. The van der Waals surface area contributed by atoms with Crippen LogP contribution in [-0.4, -0.2) is 36.5 Å². The standard InChI is InChI=1S/C15H19NO3/c1-3-7-16(8-4-2)15(19)12-5-6-13(10-17)14(9-12)11-18/h5-6,9-11H,3-4,7-8H2,1-2H3. The normalized spacial score (nSPS) is 10.0. The summed E-state index contributed by atoms with van der Waals surface area (Å²) in [5, 5.41) is 0. The van der Waals surface area contributed by atoms with Gasteiger partial charge in [-0.2, -0.15) is 0 Å². The zero-order valence-electron chi connectivity index (χ0n) is 11.4. The van der Waals surface area contributed by atoms with Crippen LogP contribution < -0.4 is 0 Å². The summed E-state index contributed by atoms with van der Waals surface area (Å²) >= 11 is 0. The summed E-state index contributed by atoms with van der Waals surface area (Å²) in [7, 11) is 0. The lowest BCUT2D eigenvalue weighted by atomic mass is 10.0. The van der Waals surface area contributed by atoms with Crippen molar-refractivity contribution in [2.24, 2.45) is 0 Å². The zero-order valence-corrected chi connectivity index (χ0v) is 11.4. The number of nitrogens with zero attached hydrogens (tertiary/aromatic N) is 1. The summed E-state index contributed by atoms with van der Waals surface area (Å²) in [6, 6.07) is 4.59. The number of benzene rings is 1. The van der Waals surface area contributed by atoms with Crippen molar-refractivity contribution in [3.8, 4) is 0 Å². The molecule has 1 amide bonds. The van der Waals surface area contributed by atoms with Crippen molar-refractivity contribution in [3.05, 3.63) is 34.9 Å². The molecule has 0 radical (unpaired) electrons. The average Bonchev–Trinajstić information content (AvgIpc) is 2.45. The van der Waals surface area contributed by atoms with Crippen molar-refractivity contribution in [2.45, 2.75) is 26.7 Å². The van der Waals surface area contributed by atoms with Crippen molar-refractivity contribution < 1.29 is 14.4 Å². The molecule has 1 aromatic carbocycles. The van der Waals surface area contributed by atoms with Crippen LogP contribution in [0.3, 0.4) is 0 Å². The van der Waals surface area contributed by atoms with Crippen LogP contribution in [0, 0.1) is 0 Å². The average molecular weight is 261 g/mol. The maximum absolute atomic E-state index is 12.3. The Labute approximate surface area is 113 Å². The molecule has 1 rings (SSSR count). The second-order valence-corrected chi connectivity index (χ2v) is 4.37. The van der Waals surface area contributed by atoms with Gasteiger partial charge in [-0.3, -0.25) is 14.4 Å². The van der Waals surface area contributed by atoms with E-state index in [1.807, 2.05) is 13.8 Å². The maximum atomic E-state index is 12.3. The van der Waals surface area contributed by atoms with Crippen LogP contribution in [0.2, 0.25) is 0 Å². The van der Waals surface area contributed by atoms with E-state index in [0.717, 1.165) is 12.8 Å². The topological polar surface area (TPSA) is 54.5 Å². The molecule has 0 saturated carbocycles. The lowest BCUT2D eigenvalue weighted by Crippen LogP contribution is -2.32. The molecular weight excluding hydrogens is 242 g/mol. The quantitative estimate of drug-likeness (QED) is 0.709. The summed E-state index contributed by atoms with van der Waals surface area (Å²) in [6.45, 7) is 5.42. The van der Waals surface area contributed by atoms with E-state index in [4.69, 9.17) is 0 Å². The molecule has 0 fully saturated rings. The van der Waals surface area contributed by atoms with Crippen molar-refractivity contribution in [3.63, 3.8) is 0 Å². The van der Waals surface area contributed by atoms with Gasteiger partial charge in [-0.05, 0) is 25.0 Å². The molecular formula is C15H19NO3. The van der Waals surface area contributed by atoms with Crippen molar-refractivity contribution in [1.29, 1.82) is 0 Å². The third-order valence-corrected chi connectivity index (χ3v) is 2.86. The van der Waals surface area contributed by atoms with Gasteiger partial charge in [-0.1, -0.05) is 19.9 Å². The minimum Gasteiger partial charge on any atom is -0.339 e. The molecule has 1 aromatic rings. The Balaban J connectivity index is 3.03. The van der Waals surface area contributed by atoms with Gasteiger partial charge in [0.15, 0.2) is 12.6 Å². The lowest BCUT2D eigenvalue weighted by molar-refractivity contribution is 0.0755. The monoisotopic (exact) mass is 261 g/mol. The van der Waals surface area contributed by atoms with Crippen molar-refractivity contribution in [1.82, 2.24) is 4.90 Å². The van der Waals surface area contributed by atoms with Gasteiger partial charge in [0.25, 0.3) is 5.91 Å². The molecule has 0 saturated heterocycles. The molecule has 0 aliphatic carbocycles. The second-order valence-electron chi connectivity index (χ2n) is 4.37. The van der Waals surface area contributed by atoms with Gasteiger partial charge in [0.05, 0.1) is 0 Å². The van der Waals surface area contributed by atoms with Gasteiger partial charge in [-0.25, -0.2) is 0 Å². The zero-order chi connectivity index (χ0) is 14.3. The molecule has 0 spiro atoms. The summed E-state index contributed by atoms with van der Waals surface area (Å²) in [5.74, 6) is -0.0933. The largest absolute Gasteiger partial charge is 0.339 e. The number of hydrogen-bond donors (Lipinski definition) is 0. The van der Waals surface area contributed by atoms with E-state index in [9.17, 15) is 14.4 Å². The third kappa shape index (κ3) is 3.74. The van der Waals surface area contributed by atoms with Crippen LogP contribution in [0.5, 0.6) is 0 Å². The van der Waals surface area contributed by atoms with Crippen molar-refractivity contribution >= 4 is 18.5 Å². The molecule has 19 heavy (non-hydrogen) atoms. The molecule has 0 atom stereocenters. The Morgan fingerprint density at radius 1 is 1.05 bits per heavy atom. The molecule has 0 aliphatic heterocycles. The van der Waals surface area contributed by atoms with E-state index < -0.39 is 0 Å². The number of carbonyl (C=O) groups excluding carboxylic acids is 3. The first-order chi connectivity index (χ1) is 9.17. The number of carbonyl (C=O) groups is 3. The van der Waals surface area contributed by atoms with Crippen LogP contribution in [0.4, 0.5) is 0 Å². The summed E-state index contributed by atoms with van der Waals surface area (Å²) in [4.78, 5) is 35.7. The Morgan fingerprint density at radius 2 is 1.63 bits per heavy atom. The molecule has 0 unspecified atom stereocenters. The molecule has 0 aliphatic rings. The maximum Gasteiger partial charge on any atom is 0.253 e. The fourth-order valence-electron chi connectivity index (χ4n) is 1.95. The molecule has 0 bridgehead atoms. The van der Waals surface area contributed by atoms with Crippen LogP contribution in [-0.2, 0) is 0 Å². The van der Waals surface area contributed by atoms with E-state index >= 15 is 0 Å². The predicted molar refractivity (Wildman–Crippen MR) is 73.7 cm³/mol. The minimum absolute atomic E-state index is 0.0933. The van der Waals surface area contributed by atoms with E-state index in [-0.39, 0.29) is 11.5 Å². The Hall–Kier alpha value is -1.97. The highest BCUT2D eigenvalue weighted by Crippen LogP contribution is 2.12. The SMILES string of the molecule is CCCN(CCC)C(=O)c1ccc(C=O)c(C=O)c1. The third-order valence-electron chi connectivity index (χ3n) is 2.86. The van der Waals surface area contributed by atoms with Crippen LogP contribution in [0.25, 0.3) is 0 Å². The fraction of sp³-hybridized carbons (Fsp3) is 0.400. The summed E-state index contributed by atoms with van der Waals surface area (Å²) in [6.07, 6.45) is 3.00. The van der Waals surface area contributed by atoms with Gasteiger partial charge in [0, 0.05) is 29.8 Å². The second kappa shape index (κ2) is 7.46. The van der Waals surface area contributed by atoms with Gasteiger partial charge < -0.3 is 4.90 Å². The fourth-order valence-corrected chi connectivity index (χ4v) is 1.95. The van der Waals surface area contributed by atoms with E-state index in [2.05, 4.69) is 0 Å². The first-order valence-electron chi connectivity index (χ1n) is 6.51. The molecule has 0 N–H and O–H groups in total. The first-order valence-corrected chi connectivity index (χ1v) is 6.51. The highest BCUT2D eigenvalue weighted by atomic mass is 16.2. The van der Waals surface area contributed by atoms with Gasteiger partial charge in [-0.15, -0.1) is 0 Å². The lowest BCUT2D eigenvalue weighted by Gasteiger charge is -2.21. The molecule has 0 heterocycles.